The minimum Gasteiger partial charge on any atom is -0.396 e. The summed E-state index contributed by atoms with van der Waals surface area (Å²) in [6, 6.07) is 9.91. The number of rotatable bonds is 4. The van der Waals surface area contributed by atoms with Gasteiger partial charge < -0.3 is 10.2 Å². The number of hydrogen-bond donors (Lipinski definition) is 2. The SMILES string of the molecule is CC(C)(C)C(O)C(CCO)c1ccccc1. The normalized spacial score (nSPS) is 15.8. The van der Waals surface area contributed by atoms with Crippen molar-refractivity contribution >= 4 is 0 Å². The van der Waals surface area contributed by atoms with Gasteiger partial charge in [-0.15, -0.1) is 0 Å². The summed E-state index contributed by atoms with van der Waals surface area (Å²) in [5, 5.41) is 19.4. The Bertz CT molecular complexity index is 300. The van der Waals surface area contributed by atoms with E-state index in [0.29, 0.717) is 6.42 Å². The maximum atomic E-state index is 10.3. The van der Waals surface area contributed by atoms with E-state index >= 15 is 0 Å². The Kier molecular flexibility index (Phi) is 4.51. The number of aliphatic hydroxyl groups is 2. The molecule has 0 bridgehead atoms. The monoisotopic (exact) mass is 222 g/mol. The van der Waals surface area contributed by atoms with Crippen molar-refractivity contribution in [3.63, 3.8) is 0 Å². The summed E-state index contributed by atoms with van der Waals surface area (Å²) in [7, 11) is 0. The molecule has 0 spiro atoms. The van der Waals surface area contributed by atoms with E-state index in [1.807, 2.05) is 51.1 Å². The van der Waals surface area contributed by atoms with E-state index in [2.05, 4.69) is 0 Å². The molecule has 1 aromatic carbocycles. The topological polar surface area (TPSA) is 40.5 Å². The van der Waals surface area contributed by atoms with Crippen LogP contribution in [0.2, 0.25) is 0 Å². The van der Waals surface area contributed by atoms with Crippen LogP contribution in [0.15, 0.2) is 30.3 Å². The third-order valence-corrected chi connectivity index (χ3v) is 2.94. The minimum absolute atomic E-state index is 0.00574. The van der Waals surface area contributed by atoms with Crippen molar-refractivity contribution in [3.05, 3.63) is 35.9 Å². The highest BCUT2D eigenvalue weighted by atomic mass is 16.3. The highest BCUT2D eigenvalue weighted by molar-refractivity contribution is 5.21. The van der Waals surface area contributed by atoms with Gasteiger partial charge in [-0.2, -0.15) is 0 Å². The Morgan fingerprint density at radius 1 is 1.12 bits per heavy atom. The van der Waals surface area contributed by atoms with Gasteiger partial charge in [-0.1, -0.05) is 51.1 Å². The van der Waals surface area contributed by atoms with Gasteiger partial charge in [-0.3, -0.25) is 0 Å². The molecule has 2 heteroatoms. The molecule has 2 unspecified atom stereocenters. The highest BCUT2D eigenvalue weighted by Gasteiger charge is 2.30. The molecule has 0 heterocycles. The quantitative estimate of drug-likeness (QED) is 0.822. The van der Waals surface area contributed by atoms with Crippen molar-refractivity contribution in [3.8, 4) is 0 Å². The smallest absolute Gasteiger partial charge is 0.0657 e. The summed E-state index contributed by atoms with van der Waals surface area (Å²) in [6.45, 7) is 6.16. The van der Waals surface area contributed by atoms with Gasteiger partial charge >= 0.3 is 0 Å². The first-order valence-electron chi connectivity index (χ1n) is 5.80. The van der Waals surface area contributed by atoms with Gasteiger partial charge in [-0.25, -0.2) is 0 Å². The lowest BCUT2D eigenvalue weighted by Gasteiger charge is -2.33. The second-order valence-electron chi connectivity index (χ2n) is 5.34. The fourth-order valence-corrected chi connectivity index (χ4v) is 1.95. The molecule has 0 aliphatic heterocycles. The molecule has 90 valence electrons. The van der Waals surface area contributed by atoms with Crippen LogP contribution in [-0.2, 0) is 0 Å². The van der Waals surface area contributed by atoms with Crippen molar-refractivity contribution in [1.29, 1.82) is 0 Å². The molecule has 0 fully saturated rings. The molecule has 1 rings (SSSR count). The maximum Gasteiger partial charge on any atom is 0.0657 e. The average molecular weight is 222 g/mol. The minimum atomic E-state index is -0.443. The largest absolute Gasteiger partial charge is 0.396 e. The third kappa shape index (κ3) is 3.32. The average Bonchev–Trinajstić information content (AvgIpc) is 2.25. The van der Waals surface area contributed by atoms with Gasteiger partial charge in [0, 0.05) is 12.5 Å². The van der Waals surface area contributed by atoms with E-state index in [9.17, 15) is 5.11 Å². The molecule has 2 nitrogen and oxygen atoms in total. The molecule has 0 aliphatic rings. The zero-order valence-corrected chi connectivity index (χ0v) is 10.4. The predicted molar refractivity (Wildman–Crippen MR) is 66.3 cm³/mol. The highest BCUT2D eigenvalue weighted by Crippen LogP contribution is 2.33. The van der Waals surface area contributed by atoms with E-state index < -0.39 is 6.10 Å². The summed E-state index contributed by atoms with van der Waals surface area (Å²) in [5.74, 6) is 0.00574. The maximum absolute atomic E-state index is 10.3. The van der Waals surface area contributed by atoms with Gasteiger partial charge in [-0.05, 0) is 17.4 Å². The zero-order valence-electron chi connectivity index (χ0n) is 10.4. The summed E-state index contributed by atoms with van der Waals surface area (Å²) < 4.78 is 0. The predicted octanol–water partition coefficient (Wildman–Crippen LogP) is 2.56. The molecular weight excluding hydrogens is 200 g/mol. The molecule has 0 saturated carbocycles. The van der Waals surface area contributed by atoms with E-state index in [-0.39, 0.29) is 17.9 Å². The molecule has 0 radical (unpaired) electrons. The van der Waals surface area contributed by atoms with E-state index in [4.69, 9.17) is 5.11 Å². The van der Waals surface area contributed by atoms with Crippen LogP contribution in [0.25, 0.3) is 0 Å². The summed E-state index contributed by atoms with van der Waals surface area (Å²) in [6.07, 6.45) is 0.157. The molecule has 16 heavy (non-hydrogen) atoms. The van der Waals surface area contributed by atoms with Crippen LogP contribution in [0.4, 0.5) is 0 Å². The van der Waals surface area contributed by atoms with E-state index in [1.54, 1.807) is 0 Å². The Morgan fingerprint density at radius 2 is 1.69 bits per heavy atom. The van der Waals surface area contributed by atoms with Crippen LogP contribution in [0.5, 0.6) is 0 Å². The van der Waals surface area contributed by atoms with Gasteiger partial charge in [0.25, 0.3) is 0 Å². The fourth-order valence-electron chi connectivity index (χ4n) is 1.95. The molecular formula is C14H22O2. The first-order chi connectivity index (χ1) is 7.46. The van der Waals surface area contributed by atoms with Gasteiger partial charge in [0.05, 0.1) is 6.10 Å². The molecule has 0 aliphatic carbocycles. The standard InChI is InChI=1S/C14H22O2/c1-14(2,3)13(16)12(9-10-15)11-7-5-4-6-8-11/h4-8,12-13,15-16H,9-10H2,1-3H3. The van der Waals surface area contributed by atoms with Crippen LogP contribution >= 0.6 is 0 Å². The van der Waals surface area contributed by atoms with E-state index in [1.165, 1.54) is 0 Å². The Morgan fingerprint density at radius 3 is 2.12 bits per heavy atom. The van der Waals surface area contributed by atoms with Crippen molar-refractivity contribution in [2.24, 2.45) is 5.41 Å². The molecule has 0 amide bonds. The lowest BCUT2D eigenvalue weighted by molar-refractivity contribution is 0.0310. The summed E-state index contributed by atoms with van der Waals surface area (Å²) in [5.41, 5.74) is 0.925. The van der Waals surface area contributed by atoms with Crippen LogP contribution < -0.4 is 0 Å². The van der Waals surface area contributed by atoms with Crippen molar-refractivity contribution in [2.75, 3.05) is 6.61 Å². The molecule has 2 atom stereocenters. The summed E-state index contributed by atoms with van der Waals surface area (Å²) in [4.78, 5) is 0. The van der Waals surface area contributed by atoms with Crippen LogP contribution in [0.1, 0.15) is 38.7 Å². The lowest BCUT2D eigenvalue weighted by atomic mass is 9.77. The fraction of sp³-hybridized carbons (Fsp3) is 0.571. The second kappa shape index (κ2) is 5.46. The Hall–Kier alpha value is -0.860. The Balaban J connectivity index is 2.92. The number of aliphatic hydroxyl groups excluding tert-OH is 2. The Labute approximate surface area is 97.9 Å². The first kappa shape index (κ1) is 13.2. The zero-order chi connectivity index (χ0) is 12.2. The number of hydrogen-bond acceptors (Lipinski definition) is 2. The second-order valence-corrected chi connectivity index (χ2v) is 5.34. The van der Waals surface area contributed by atoms with Gasteiger partial charge in [0.1, 0.15) is 0 Å². The summed E-state index contributed by atoms with van der Waals surface area (Å²) >= 11 is 0. The molecule has 1 aromatic rings. The molecule has 0 saturated heterocycles. The van der Waals surface area contributed by atoms with Gasteiger partial charge in [0.15, 0.2) is 0 Å². The number of benzene rings is 1. The van der Waals surface area contributed by atoms with Gasteiger partial charge in [0.2, 0.25) is 0 Å². The van der Waals surface area contributed by atoms with Crippen molar-refractivity contribution < 1.29 is 10.2 Å². The third-order valence-electron chi connectivity index (χ3n) is 2.94. The van der Waals surface area contributed by atoms with Crippen LogP contribution in [-0.4, -0.2) is 22.9 Å². The van der Waals surface area contributed by atoms with Crippen molar-refractivity contribution in [2.45, 2.75) is 39.2 Å². The van der Waals surface area contributed by atoms with E-state index in [0.717, 1.165) is 5.56 Å². The molecule has 2 N–H and O–H groups in total. The molecule has 0 aromatic heterocycles. The lowest BCUT2D eigenvalue weighted by Crippen LogP contribution is -2.33. The van der Waals surface area contributed by atoms with Crippen LogP contribution in [0, 0.1) is 5.41 Å². The van der Waals surface area contributed by atoms with Crippen molar-refractivity contribution in [1.82, 2.24) is 0 Å². The first-order valence-corrected chi connectivity index (χ1v) is 5.80. The van der Waals surface area contributed by atoms with Crippen LogP contribution in [0.3, 0.4) is 0 Å².